The van der Waals surface area contributed by atoms with Crippen molar-refractivity contribution < 1.29 is 13.2 Å². The predicted molar refractivity (Wildman–Crippen MR) is 91.9 cm³/mol. The van der Waals surface area contributed by atoms with Crippen LogP contribution in [0.3, 0.4) is 0 Å². The van der Waals surface area contributed by atoms with Crippen LogP contribution in [0.1, 0.15) is 18.5 Å². The zero-order valence-electron chi connectivity index (χ0n) is 13.3. The van der Waals surface area contributed by atoms with Crippen molar-refractivity contribution in [2.24, 2.45) is 5.92 Å². The molecule has 0 bridgehead atoms. The zero-order chi connectivity index (χ0) is 16.9. The molecule has 0 radical (unpaired) electrons. The Balaban J connectivity index is 2.43. The summed E-state index contributed by atoms with van der Waals surface area (Å²) < 4.78 is 33.4. The summed E-state index contributed by atoms with van der Waals surface area (Å²) in [4.78, 5) is 0.233. The number of hydrogen-bond donors (Lipinski definition) is 1. The van der Waals surface area contributed by atoms with Crippen LogP contribution in [-0.2, 0) is 10.0 Å². The van der Waals surface area contributed by atoms with Crippen molar-refractivity contribution >= 4 is 10.0 Å². The molecule has 1 N–H and O–H groups in total. The average Bonchev–Trinajstić information content (AvgIpc) is 2.59. The normalized spacial score (nSPS) is 14.0. The van der Waals surface area contributed by atoms with Crippen LogP contribution >= 0.6 is 0 Å². The number of methoxy groups -OCH3 is 1. The van der Waals surface area contributed by atoms with E-state index in [0.29, 0.717) is 5.75 Å². The van der Waals surface area contributed by atoms with Crippen molar-refractivity contribution in [1.29, 1.82) is 0 Å². The summed E-state index contributed by atoms with van der Waals surface area (Å²) in [5.41, 5.74) is 0.780. The molecule has 23 heavy (non-hydrogen) atoms. The molecule has 0 aliphatic heterocycles. The van der Waals surface area contributed by atoms with E-state index in [1.807, 2.05) is 31.2 Å². The molecule has 2 aromatic rings. The molecule has 0 aromatic heterocycles. The lowest BCUT2D eigenvalue weighted by atomic mass is 9.95. The largest absolute Gasteiger partial charge is 0.496 e. The van der Waals surface area contributed by atoms with Crippen molar-refractivity contribution in [2.45, 2.75) is 17.9 Å². The monoisotopic (exact) mass is 331 g/mol. The minimum atomic E-state index is -3.64. The Morgan fingerprint density at radius 2 is 1.70 bits per heavy atom. The van der Waals surface area contributed by atoms with Gasteiger partial charge in [-0.2, -0.15) is 0 Å². The molecule has 2 atom stereocenters. The van der Waals surface area contributed by atoms with Gasteiger partial charge in [0.1, 0.15) is 5.75 Å². The Morgan fingerprint density at radius 1 is 1.09 bits per heavy atom. The van der Waals surface area contributed by atoms with E-state index in [9.17, 15) is 8.42 Å². The van der Waals surface area contributed by atoms with Crippen LogP contribution in [0.2, 0.25) is 0 Å². The van der Waals surface area contributed by atoms with E-state index in [1.54, 1.807) is 43.5 Å². The van der Waals surface area contributed by atoms with Crippen LogP contribution < -0.4 is 9.46 Å². The van der Waals surface area contributed by atoms with E-state index in [4.69, 9.17) is 4.74 Å². The third kappa shape index (κ3) is 4.00. The van der Waals surface area contributed by atoms with Gasteiger partial charge in [0.2, 0.25) is 10.0 Å². The summed E-state index contributed by atoms with van der Waals surface area (Å²) in [6.07, 6.45) is 1.73. The molecular weight excluding hydrogens is 310 g/mol. The van der Waals surface area contributed by atoms with E-state index in [-0.39, 0.29) is 10.8 Å². The van der Waals surface area contributed by atoms with Gasteiger partial charge in [0.05, 0.1) is 18.0 Å². The summed E-state index contributed by atoms with van der Waals surface area (Å²) in [6.45, 7) is 5.70. The van der Waals surface area contributed by atoms with Crippen LogP contribution in [0.5, 0.6) is 5.75 Å². The van der Waals surface area contributed by atoms with Gasteiger partial charge in [-0.05, 0) is 24.1 Å². The average molecular weight is 331 g/mol. The fourth-order valence-electron chi connectivity index (χ4n) is 2.35. The quantitative estimate of drug-likeness (QED) is 0.790. The number of benzene rings is 2. The molecule has 2 aromatic carbocycles. The molecule has 0 spiro atoms. The van der Waals surface area contributed by atoms with Crippen LogP contribution in [-0.4, -0.2) is 15.5 Å². The van der Waals surface area contributed by atoms with Gasteiger partial charge in [0, 0.05) is 5.56 Å². The molecular formula is C18H21NO3S. The van der Waals surface area contributed by atoms with Gasteiger partial charge in [-0.3, -0.25) is 0 Å². The van der Waals surface area contributed by atoms with Gasteiger partial charge in [0.25, 0.3) is 0 Å². The van der Waals surface area contributed by atoms with Gasteiger partial charge in [-0.25, -0.2) is 13.1 Å². The maximum absolute atomic E-state index is 12.6. The SMILES string of the molecule is C=CC(C)C(NS(=O)(=O)c1ccccc1)c1ccccc1OC. The van der Waals surface area contributed by atoms with Crippen LogP contribution in [0.4, 0.5) is 0 Å². The molecule has 0 aliphatic carbocycles. The lowest BCUT2D eigenvalue weighted by Crippen LogP contribution is -2.32. The lowest BCUT2D eigenvalue weighted by Gasteiger charge is -2.25. The second-order valence-electron chi connectivity index (χ2n) is 5.25. The van der Waals surface area contributed by atoms with Gasteiger partial charge in [0.15, 0.2) is 0 Å². The lowest BCUT2D eigenvalue weighted by molar-refractivity contribution is 0.395. The van der Waals surface area contributed by atoms with Crippen LogP contribution in [0.15, 0.2) is 72.1 Å². The Labute approximate surface area is 137 Å². The fourth-order valence-corrected chi connectivity index (χ4v) is 3.68. The third-order valence-corrected chi connectivity index (χ3v) is 5.16. The first-order valence-electron chi connectivity index (χ1n) is 7.32. The summed E-state index contributed by atoms with van der Waals surface area (Å²) in [5.74, 6) is 0.534. The predicted octanol–water partition coefficient (Wildman–Crippen LogP) is 3.54. The van der Waals surface area contributed by atoms with Crippen LogP contribution in [0, 0.1) is 5.92 Å². The highest BCUT2D eigenvalue weighted by atomic mass is 32.2. The molecule has 0 amide bonds. The van der Waals surface area contributed by atoms with Crippen molar-refractivity contribution in [2.75, 3.05) is 7.11 Å². The van der Waals surface area contributed by atoms with Gasteiger partial charge >= 0.3 is 0 Å². The molecule has 2 unspecified atom stereocenters. The first-order chi connectivity index (χ1) is 11.0. The maximum atomic E-state index is 12.6. The van der Waals surface area contributed by atoms with Gasteiger partial charge < -0.3 is 4.74 Å². The van der Waals surface area contributed by atoms with Gasteiger partial charge in [-0.1, -0.05) is 49.4 Å². The van der Waals surface area contributed by atoms with Crippen molar-refractivity contribution in [3.63, 3.8) is 0 Å². The molecule has 0 heterocycles. The molecule has 0 fully saturated rings. The fraction of sp³-hybridized carbons (Fsp3) is 0.222. The number of hydrogen-bond acceptors (Lipinski definition) is 3. The highest BCUT2D eigenvalue weighted by Crippen LogP contribution is 2.31. The first kappa shape index (κ1) is 17.2. The van der Waals surface area contributed by atoms with Crippen LogP contribution in [0.25, 0.3) is 0 Å². The Morgan fingerprint density at radius 3 is 2.30 bits per heavy atom. The summed E-state index contributed by atoms with van der Waals surface area (Å²) >= 11 is 0. The molecule has 0 saturated heterocycles. The topological polar surface area (TPSA) is 55.4 Å². The molecule has 0 saturated carbocycles. The zero-order valence-corrected chi connectivity index (χ0v) is 14.1. The summed E-state index contributed by atoms with van der Waals surface area (Å²) in [6, 6.07) is 15.2. The molecule has 5 heteroatoms. The molecule has 4 nitrogen and oxygen atoms in total. The van der Waals surface area contributed by atoms with E-state index in [1.165, 1.54) is 0 Å². The van der Waals surface area contributed by atoms with Crippen molar-refractivity contribution in [1.82, 2.24) is 4.72 Å². The highest BCUT2D eigenvalue weighted by molar-refractivity contribution is 7.89. The number of para-hydroxylation sites is 1. The molecule has 122 valence electrons. The second-order valence-corrected chi connectivity index (χ2v) is 6.96. The van der Waals surface area contributed by atoms with E-state index in [0.717, 1.165) is 5.56 Å². The second kappa shape index (κ2) is 7.44. The highest BCUT2D eigenvalue weighted by Gasteiger charge is 2.26. The maximum Gasteiger partial charge on any atom is 0.241 e. The smallest absolute Gasteiger partial charge is 0.241 e. The number of sulfonamides is 1. The van der Waals surface area contributed by atoms with E-state index >= 15 is 0 Å². The minimum Gasteiger partial charge on any atom is -0.496 e. The molecule has 0 aliphatic rings. The summed E-state index contributed by atoms with van der Waals surface area (Å²) in [5, 5.41) is 0. The third-order valence-electron chi connectivity index (χ3n) is 3.71. The van der Waals surface area contributed by atoms with E-state index in [2.05, 4.69) is 11.3 Å². The standard InChI is InChI=1S/C18H21NO3S/c1-4-14(2)18(16-12-8-9-13-17(16)22-3)19-23(20,21)15-10-6-5-7-11-15/h4-14,18-19H,1H2,2-3H3. The molecule has 2 rings (SSSR count). The number of rotatable bonds is 7. The van der Waals surface area contributed by atoms with Crippen molar-refractivity contribution in [3.05, 3.63) is 72.8 Å². The van der Waals surface area contributed by atoms with Gasteiger partial charge in [-0.15, -0.1) is 6.58 Å². The Kier molecular flexibility index (Phi) is 5.58. The van der Waals surface area contributed by atoms with E-state index < -0.39 is 16.1 Å². The Bertz CT molecular complexity index is 757. The number of nitrogens with one attached hydrogen (secondary N) is 1. The number of ether oxygens (including phenoxy) is 1. The van der Waals surface area contributed by atoms with Crippen molar-refractivity contribution in [3.8, 4) is 5.75 Å². The minimum absolute atomic E-state index is 0.107. The summed E-state index contributed by atoms with van der Waals surface area (Å²) in [7, 11) is -2.07. The first-order valence-corrected chi connectivity index (χ1v) is 8.80. The Hall–Kier alpha value is -2.11.